The second-order valence-electron chi connectivity index (χ2n) is 4.59. The van der Waals surface area contributed by atoms with Crippen LogP contribution >= 0.6 is 0 Å². The topological polar surface area (TPSA) is 68.6 Å². The van der Waals surface area contributed by atoms with Gasteiger partial charge in [0.15, 0.2) is 0 Å². The zero-order valence-corrected chi connectivity index (χ0v) is 11.2. The van der Waals surface area contributed by atoms with Crippen LogP contribution in [-0.2, 0) is 0 Å². The van der Waals surface area contributed by atoms with E-state index in [1.807, 2.05) is 25.1 Å². The molecule has 2 unspecified atom stereocenters. The first-order valence-corrected chi connectivity index (χ1v) is 6.22. The molecule has 3 N–H and O–H groups in total. The van der Waals surface area contributed by atoms with Gasteiger partial charge in [-0.15, -0.1) is 0 Å². The highest BCUT2D eigenvalue weighted by Gasteiger charge is 2.25. The molecule has 0 radical (unpaired) electrons. The molecule has 1 aromatic heterocycles. The Kier molecular flexibility index (Phi) is 4.24. The van der Waals surface area contributed by atoms with Crippen molar-refractivity contribution in [2.24, 2.45) is 5.73 Å². The van der Waals surface area contributed by atoms with E-state index in [4.69, 9.17) is 14.9 Å². The summed E-state index contributed by atoms with van der Waals surface area (Å²) in [4.78, 5) is 0. The smallest absolute Gasteiger partial charge is 0.122 e. The fourth-order valence-electron chi connectivity index (χ4n) is 2.25. The Bertz CT molecular complexity index is 522. The van der Waals surface area contributed by atoms with Crippen LogP contribution in [-0.4, -0.2) is 18.8 Å². The highest BCUT2D eigenvalue weighted by Crippen LogP contribution is 2.36. The fraction of sp³-hybridized carbons (Fsp3) is 0.333. The highest BCUT2D eigenvalue weighted by atomic mass is 16.5. The maximum atomic E-state index is 10.4. The summed E-state index contributed by atoms with van der Waals surface area (Å²) in [7, 11) is 1.62. The predicted octanol–water partition coefficient (Wildman–Crippen LogP) is 2.37. The van der Waals surface area contributed by atoms with Crippen LogP contribution < -0.4 is 10.5 Å². The van der Waals surface area contributed by atoms with Gasteiger partial charge in [-0.25, -0.2) is 0 Å². The number of furan rings is 1. The first kappa shape index (κ1) is 13.6. The van der Waals surface area contributed by atoms with Crippen molar-refractivity contribution in [2.75, 3.05) is 13.7 Å². The Hall–Kier alpha value is -1.78. The van der Waals surface area contributed by atoms with Gasteiger partial charge in [-0.2, -0.15) is 0 Å². The normalized spacial score (nSPS) is 14.1. The number of rotatable bonds is 5. The van der Waals surface area contributed by atoms with Crippen molar-refractivity contribution in [2.45, 2.75) is 18.9 Å². The van der Waals surface area contributed by atoms with E-state index in [-0.39, 0.29) is 5.92 Å². The Morgan fingerprint density at radius 1 is 1.37 bits per heavy atom. The molecule has 0 aliphatic heterocycles. The summed E-state index contributed by atoms with van der Waals surface area (Å²) in [5.74, 6) is 0.510. The minimum Gasteiger partial charge on any atom is -0.496 e. The van der Waals surface area contributed by atoms with E-state index >= 15 is 0 Å². The van der Waals surface area contributed by atoms with Crippen LogP contribution in [0.4, 0.5) is 0 Å². The van der Waals surface area contributed by atoms with E-state index in [0.29, 0.717) is 6.54 Å². The van der Waals surface area contributed by atoms with Crippen LogP contribution in [0, 0.1) is 6.92 Å². The van der Waals surface area contributed by atoms with Gasteiger partial charge in [-0.1, -0.05) is 17.7 Å². The maximum Gasteiger partial charge on any atom is 0.122 e. The van der Waals surface area contributed by atoms with Crippen molar-refractivity contribution in [3.8, 4) is 5.75 Å². The van der Waals surface area contributed by atoms with Crippen LogP contribution in [0.3, 0.4) is 0 Å². The molecular formula is C15H19NO3. The number of aliphatic hydroxyl groups is 1. The van der Waals surface area contributed by atoms with Gasteiger partial charge in [0.05, 0.1) is 25.7 Å². The van der Waals surface area contributed by atoms with Crippen LogP contribution in [0.5, 0.6) is 5.75 Å². The minimum absolute atomic E-state index is 0.229. The standard InChI is InChI=1S/C15H19NO3/c1-10-3-4-14(18-2)12(7-10)13(8-16)15(17)11-5-6-19-9-11/h3-7,9,13,15,17H,8,16H2,1-2H3. The third-order valence-electron chi connectivity index (χ3n) is 3.30. The second-order valence-corrected chi connectivity index (χ2v) is 4.59. The highest BCUT2D eigenvalue weighted by molar-refractivity contribution is 5.41. The number of nitrogens with two attached hydrogens (primary N) is 1. The molecule has 0 saturated carbocycles. The molecule has 1 heterocycles. The van der Waals surface area contributed by atoms with Crippen molar-refractivity contribution in [3.63, 3.8) is 0 Å². The van der Waals surface area contributed by atoms with Gasteiger partial charge in [0.2, 0.25) is 0 Å². The zero-order chi connectivity index (χ0) is 13.8. The molecule has 2 atom stereocenters. The second kappa shape index (κ2) is 5.91. The largest absolute Gasteiger partial charge is 0.496 e. The third-order valence-corrected chi connectivity index (χ3v) is 3.30. The van der Waals surface area contributed by atoms with Crippen LogP contribution in [0.15, 0.2) is 41.2 Å². The monoisotopic (exact) mass is 261 g/mol. The van der Waals surface area contributed by atoms with Crippen molar-refractivity contribution in [1.82, 2.24) is 0 Å². The quantitative estimate of drug-likeness (QED) is 0.867. The molecule has 0 bridgehead atoms. The van der Waals surface area contributed by atoms with Crippen molar-refractivity contribution >= 4 is 0 Å². The van der Waals surface area contributed by atoms with E-state index in [1.54, 1.807) is 19.4 Å². The lowest BCUT2D eigenvalue weighted by atomic mass is 9.89. The summed E-state index contributed by atoms with van der Waals surface area (Å²) < 4.78 is 10.4. The van der Waals surface area contributed by atoms with Gasteiger partial charge in [-0.05, 0) is 19.1 Å². The van der Waals surface area contributed by atoms with E-state index in [9.17, 15) is 5.11 Å². The van der Waals surface area contributed by atoms with E-state index in [1.165, 1.54) is 6.26 Å². The van der Waals surface area contributed by atoms with Gasteiger partial charge < -0.3 is 20.0 Å². The average Bonchev–Trinajstić information content (AvgIpc) is 2.93. The van der Waals surface area contributed by atoms with E-state index < -0.39 is 6.10 Å². The number of methoxy groups -OCH3 is 1. The van der Waals surface area contributed by atoms with Crippen LogP contribution in [0.1, 0.15) is 28.7 Å². The van der Waals surface area contributed by atoms with Gasteiger partial charge in [0, 0.05) is 23.6 Å². The van der Waals surface area contributed by atoms with Gasteiger partial charge in [-0.3, -0.25) is 0 Å². The molecule has 0 spiro atoms. The molecule has 2 aromatic rings. The maximum absolute atomic E-state index is 10.4. The molecule has 102 valence electrons. The molecular weight excluding hydrogens is 242 g/mol. The number of benzene rings is 1. The number of hydrogen-bond donors (Lipinski definition) is 2. The van der Waals surface area contributed by atoms with Gasteiger partial charge in [0.1, 0.15) is 5.75 Å². The molecule has 0 saturated heterocycles. The molecule has 0 aliphatic rings. The van der Waals surface area contributed by atoms with Crippen molar-refractivity contribution in [3.05, 3.63) is 53.5 Å². The van der Waals surface area contributed by atoms with Crippen LogP contribution in [0.25, 0.3) is 0 Å². The summed E-state index contributed by atoms with van der Waals surface area (Å²) in [5.41, 5.74) is 8.58. The predicted molar refractivity (Wildman–Crippen MR) is 73.2 cm³/mol. The average molecular weight is 261 g/mol. The van der Waals surface area contributed by atoms with Crippen molar-refractivity contribution in [1.29, 1.82) is 0 Å². The molecule has 0 aliphatic carbocycles. The van der Waals surface area contributed by atoms with E-state index in [2.05, 4.69) is 0 Å². The van der Waals surface area contributed by atoms with Gasteiger partial charge in [0.25, 0.3) is 0 Å². The molecule has 19 heavy (non-hydrogen) atoms. The summed E-state index contributed by atoms with van der Waals surface area (Å²) in [6, 6.07) is 7.62. The fourth-order valence-corrected chi connectivity index (χ4v) is 2.25. The Labute approximate surface area is 112 Å². The van der Waals surface area contributed by atoms with E-state index in [0.717, 1.165) is 22.4 Å². The number of hydrogen-bond acceptors (Lipinski definition) is 4. The Morgan fingerprint density at radius 2 is 2.16 bits per heavy atom. The lowest BCUT2D eigenvalue weighted by molar-refractivity contribution is 0.145. The van der Waals surface area contributed by atoms with Gasteiger partial charge >= 0.3 is 0 Å². The van der Waals surface area contributed by atoms with Crippen molar-refractivity contribution < 1.29 is 14.3 Å². The molecule has 0 fully saturated rings. The SMILES string of the molecule is COc1ccc(C)cc1C(CN)C(O)c1ccoc1. The number of ether oxygens (including phenoxy) is 1. The Balaban J connectivity index is 2.39. The lowest BCUT2D eigenvalue weighted by Crippen LogP contribution is -2.20. The summed E-state index contributed by atoms with van der Waals surface area (Å²) in [6.07, 6.45) is 2.37. The molecule has 0 amide bonds. The Morgan fingerprint density at radius 3 is 2.74 bits per heavy atom. The zero-order valence-electron chi connectivity index (χ0n) is 11.2. The third kappa shape index (κ3) is 2.80. The summed E-state index contributed by atoms with van der Waals surface area (Å²) in [5, 5.41) is 10.4. The summed E-state index contributed by atoms with van der Waals surface area (Å²) in [6.45, 7) is 2.33. The number of aryl methyl sites for hydroxylation is 1. The first-order chi connectivity index (χ1) is 9.17. The minimum atomic E-state index is -0.709. The molecule has 2 rings (SSSR count). The molecule has 4 nitrogen and oxygen atoms in total. The number of aliphatic hydroxyl groups excluding tert-OH is 1. The first-order valence-electron chi connectivity index (χ1n) is 6.22. The molecule has 4 heteroatoms. The lowest BCUT2D eigenvalue weighted by Gasteiger charge is -2.23. The summed E-state index contributed by atoms with van der Waals surface area (Å²) >= 11 is 0. The van der Waals surface area contributed by atoms with Crippen LogP contribution in [0.2, 0.25) is 0 Å². The molecule has 1 aromatic carbocycles.